The van der Waals surface area contributed by atoms with Crippen molar-refractivity contribution in [1.29, 1.82) is 0 Å². The molecule has 7 heteroatoms. The van der Waals surface area contributed by atoms with Crippen molar-refractivity contribution in [2.75, 3.05) is 5.75 Å². The molecule has 0 saturated carbocycles. The minimum absolute atomic E-state index is 0.0179. The molecule has 160 valence electrons. The first-order valence-electron chi connectivity index (χ1n) is 10.0. The van der Waals surface area contributed by atoms with Crippen LogP contribution in [0.2, 0.25) is 0 Å². The van der Waals surface area contributed by atoms with Gasteiger partial charge in [-0.15, -0.1) is 5.10 Å². The zero-order valence-corrected chi connectivity index (χ0v) is 19.8. The highest BCUT2D eigenvalue weighted by molar-refractivity contribution is 7.99. The second kappa shape index (κ2) is 7.69. The van der Waals surface area contributed by atoms with Gasteiger partial charge >= 0.3 is 0 Å². The van der Waals surface area contributed by atoms with Crippen LogP contribution < -0.4 is 0 Å². The molecule has 0 aliphatic rings. The lowest BCUT2D eigenvalue weighted by Crippen LogP contribution is -2.19. The number of fused-ring (bicyclic) bond motifs is 1. The van der Waals surface area contributed by atoms with Crippen molar-refractivity contribution in [1.82, 2.24) is 19.6 Å². The summed E-state index contributed by atoms with van der Waals surface area (Å²) in [4.78, 5) is 21.9. The number of Topliss-reactive ketones (excluding diaryl/α,β-unsaturated/α-hetero) is 1. The third kappa shape index (κ3) is 4.51. The molecule has 2 heterocycles. The van der Waals surface area contributed by atoms with Gasteiger partial charge in [-0.1, -0.05) is 53.3 Å². The Morgan fingerprint density at radius 1 is 1.00 bits per heavy atom. The molecule has 1 aromatic carbocycles. The molecule has 3 aromatic rings. The van der Waals surface area contributed by atoms with E-state index in [1.165, 1.54) is 11.8 Å². The van der Waals surface area contributed by atoms with E-state index < -0.39 is 0 Å². The summed E-state index contributed by atoms with van der Waals surface area (Å²) in [5.41, 5.74) is 3.44. The van der Waals surface area contributed by atoms with Gasteiger partial charge in [0.15, 0.2) is 5.78 Å². The molecule has 0 atom stereocenters. The summed E-state index contributed by atoms with van der Waals surface area (Å²) >= 11 is 1.30. The molecule has 6 nitrogen and oxygen atoms in total. The smallest absolute Gasteiger partial charge is 0.253 e. The lowest BCUT2D eigenvalue weighted by atomic mass is 9.78. The number of aromatic hydroxyl groups is 1. The maximum atomic E-state index is 13.0. The van der Waals surface area contributed by atoms with Gasteiger partial charge in [0.1, 0.15) is 5.75 Å². The van der Waals surface area contributed by atoms with Crippen LogP contribution in [0.15, 0.2) is 23.4 Å². The van der Waals surface area contributed by atoms with Crippen molar-refractivity contribution < 1.29 is 9.90 Å². The van der Waals surface area contributed by atoms with E-state index in [4.69, 9.17) is 0 Å². The Kier molecular flexibility index (Phi) is 5.71. The number of phenolic OH excluding ortho intramolecular Hbond substituents is 1. The minimum atomic E-state index is -0.280. The van der Waals surface area contributed by atoms with Crippen molar-refractivity contribution in [2.24, 2.45) is 0 Å². The number of aromatic nitrogens is 4. The van der Waals surface area contributed by atoms with Gasteiger partial charge in [-0.25, -0.2) is 9.50 Å². The van der Waals surface area contributed by atoms with Crippen molar-refractivity contribution in [3.05, 3.63) is 46.3 Å². The number of nitrogens with zero attached hydrogens (tertiary/aromatic N) is 4. The van der Waals surface area contributed by atoms with Gasteiger partial charge in [-0.2, -0.15) is 4.98 Å². The van der Waals surface area contributed by atoms with E-state index >= 15 is 0 Å². The second-order valence-electron chi connectivity index (χ2n) is 9.78. The first-order valence-corrected chi connectivity index (χ1v) is 11.0. The van der Waals surface area contributed by atoms with Crippen LogP contribution in [0.4, 0.5) is 0 Å². The van der Waals surface area contributed by atoms with Gasteiger partial charge < -0.3 is 5.11 Å². The third-order valence-corrected chi connectivity index (χ3v) is 5.82. The molecule has 0 aliphatic heterocycles. The van der Waals surface area contributed by atoms with Crippen molar-refractivity contribution in [3.8, 4) is 5.75 Å². The number of aryl methyl sites for hydroxylation is 2. The molecular weight excluding hydrogens is 396 g/mol. The maximum absolute atomic E-state index is 13.0. The molecular formula is C23H30N4O2S. The minimum Gasteiger partial charge on any atom is -0.507 e. The Morgan fingerprint density at radius 3 is 2.10 bits per heavy atom. The number of carbonyl (C=O) groups excluding carboxylic acids is 1. The first-order chi connectivity index (χ1) is 13.8. The predicted octanol–water partition coefficient (Wildman–Crippen LogP) is 5.02. The van der Waals surface area contributed by atoms with Gasteiger partial charge in [-0.05, 0) is 42.9 Å². The summed E-state index contributed by atoms with van der Waals surface area (Å²) in [6.45, 7) is 16.1. The molecule has 0 radical (unpaired) electrons. The molecule has 0 bridgehead atoms. The van der Waals surface area contributed by atoms with Crippen LogP contribution in [0.5, 0.6) is 5.75 Å². The Bertz CT molecular complexity index is 1090. The lowest BCUT2D eigenvalue weighted by molar-refractivity contribution is 0.102. The summed E-state index contributed by atoms with van der Waals surface area (Å²) < 4.78 is 1.69. The molecule has 0 fully saturated rings. The summed E-state index contributed by atoms with van der Waals surface area (Å²) in [6.07, 6.45) is 0. The van der Waals surface area contributed by atoms with Gasteiger partial charge in [0.05, 0.1) is 5.75 Å². The highest BCUT2D eigenvalue weighted by Crippen LogP contribution is 2.40. The average molecular weight is 427 g/mol. The summed E-state index contributed by atoms with van der Waals surface area (Å²) in [6, 6.07) is 5.58. The number of hydrogen-bond donors (Lipinski definition) is 1. The number of benzene rings is 1. The van der Waals surface area contributed by atoms with Crippen LogP contribution in [0, 0.1) is 13.8 Å². The standard InChI is InChI=1S/C23H30N4O2S/c1-13-9-14(2)27-20(24-13)25-21(26-27)30-12-18(28)15-10-16(22(3,4)5)19(29)17(11-15)23(6,7)8/h9-11,29H,12H2,1-8H3. The third-order valence-electron chi connectivity index (χ3n) is 4.98. The normalized spacial score (nSPS) is 12.5. The predicted molar refractivity (Wildman–Crippen MR) is 121 cm³/mol. The monoisotopic (exact) mass is 426 g/mol. The summed E-state index contributed by atoms with van der Waals surface area (Å²) in [7, 11) is 0. The van der Waals surface area contributed by atoms with Gasteiger partial charge in [0.2, 0.25) is 5.16 Å². The zero-order valence-electron chi connectivity index (χ0n) is 19.0. The number of carbonyl (C=O) groups is 1. The second-order valence-corrected chi connectivity index (χ2v) is 10.7. The molecule has 3 rings (SSSR count). The van der Waals surface area contributed by atoms with Crippen LogP contribution in [0.25, 0.3) is 5.78 Å². The summed E-state index contributed by atoms with van der Waals surface area (Å²) in [5.74, 6) is 1.01. The van der Waals surface area contributed by atoms with Gasteiger partial charge in [0, 0.05) is 28.1 Å². The van der Waals surface area contributed by atoms with E-state index in [1.807, 2.05) is 73.6 Å². The average Bonchev–Trinajstić information content (AvgIpc) is 3.01. The fraction of sp³-hybridized carbons (Fsp3) is 0.478. The highest BCUT2D eigenvalue weighted by Gasteiger charge is 2.28. The lowest BCUT2D eigenvalue weighted by Gasteiger charge is -2.28. The van der Waals surface area contributed by atoms with E-state index in [1.54, 1.807) is 4.52 Å². The Morgan fingerprint density at radius 2 is 1.57 bits per heavy atom. The van der Waals surface area contributed by atoms with Crippen molar-refractivity contribution in [3.63, 3.8) is 0 Å². The van der Waals surface area contributed by atoms with Gasteiger partial charge in [-0.3, -0.25) is 4.79 Å². The van der Waals surface area contributed by atoms with Gasteiger partial charge in [0.25, 0.3) is 5.78 Å². The molecule has 0 saturated heterocycles. The quantitative estimate of drug-likeness (QED) is 0.466. The van der Waals surface area contributed by atoms with E-state index in [9.17, 15) is 9.90 Å². The number of hydrogen-bond acceptors (Lipinski definition) is 6. The van der Waals surface area contributed by atoms with Crippen LogP contribution in [-0.2, 0) is 10.8 Å². The number of thioether (sulfide) groups is 1. The van der Waals surface area contributed by atoms with Crippen LogP contribution in [-0.4, -0.2) is 36.2 Å². The van der Waals surface area contributed by atoms with E-state index in [2.05, 4.69) is 15.1 Å². The molecule has 1 N–H and O–H groups in total. The Balaban J connectivity index is 1.91. The van der Waals surface area contributed by atoms with Crippen LogP contribution in [0.1, 0.15) is 74.4 Å². The number of rotatable bonds is 4. The molecule has 0 amide bonds. The fourth-order valence-corrected chi connectivity index (χ4v) is 4.07. The van der Waals surface area contributed by atoms with Crippen molar-refractivity contribution >= 4 is 23.3 Å². The Hall–Kier alpha value is -2.41. The summed E-state index contributed by atoms with van der Waals surface area (Å²) in [5, 5.41) is 15.8. The van der Waals surface area contributed by atoms with E-state index in [-0.39, 0.29) is 28.1 Å². The molecule has 0 aliphatic carbocycles. The highest BCUT2D eigenvalue weighted by atomic mass is 32.2. The maximum Gasteiger partial charge on any atom is 0.253 e. The topological polar surface area (TPSA) is 80.4 Å². The van der Waals surface area contributed by atoms with Crippen LogP contribution in [0.3, 0.4) is 0 Å². The van der Waals surface area contributed by atoms with Crippen molar-refractivity contribution in [2.45, 2.75) is 71.4 Å². The molecule has 0 spiro atoms. The SMILES string of the molecule is Cc1cc(C)n2nc(SCC(=O)c3cc(C(C)(C)C)c(O)c(C(C)(C)C)c3)nc2n1. The zero-order chi connectivity index (χ0) is 22.4. The first kappa shape index (κ1) is 22.3. The van der Waals surface area contributed by atoms with Crippen LogP contribution >= 0.6 is 11.8 Å². The fourth-order valence-electron chi connectivity index (χ4n) is 3.36. The molecule has 2 aromatic heterocycles. The number of phenols is 1. The van der Waals surface area contributed by atoms with E-state index in [0.29, 0.717) is 16.5 Å². The molecule has 0 unspecified atom stereocenters. The molecule has 30 heavy (non-hydrogen) atoms. The number of ketones is 1. The largest absolute Gasteiger partial charge is 0.507 e. The Labute approximate surface area is 182 Å². The van der Waals surface area contributed by atoms with E-state index in [0.717, 1.165) is 22.5 Å².